The van der Waals surface area contributed by atoms with Crippen molar-refractivity contribution in [2.24, 2.45) is 11.8 Å². The molecule has 1 fully saturated rings. The minimum Gasteiger partial charge on any atom is -0.484 e. The lowest BCUT2D eigenvalue weighted by Crippen LogP contribution is -2.44. The molecule has 0 saturated heterocycles. The summed E-state index contributed by atoms with van der Waals surface area (Å²) in [6, 6.07) is 6.31. The number of rotatable bonds is 7. The van der Waals surface area contributed by atoms with E-state index >= 15 is 0 Å². The van der Waals surface area contributed by atoms with Crippen molar-refractivity contribution in [2.75, 3.05) is 5.75 Å². The lowest BCUT2D eigenvalue weighted by Gasteiger charge is -2.34. The van der Waals surface area contributed by atoms with Crippen molar-refractivity contribution >= 4 is 17.7 Å². The summed E-state index contributed by atoms with van der Waals surface area (Å²) < 4.78 is 11.4. The molecule has 1 aliphatic rings. The van der Waals surface area contributed by atoms with E-state index in [1.54, 1.807) is 0 Å². The van der Waals surface area contributed by atoms with Crippen molar-refractivity contribution in [3.8, 4) is 5.75 Å². The second kappa shape index (κ2) is 9.45. The monoisotopic (exact) mass is 403 g/mol. The molecule has 0 radical (unpaired) electrons. The number of carbonyl (C=O) groups is 1. The van der Waals surface area contributed by atoms with Gasteiger partial charge in [0.15, 0.2) is 6.61 Å². The Morgan fingerprint density at radius 3 is 2.93 bits per heavy atom. The number of ether oxygens (including phenoxy) is 1. The first-order chi connectivity index (χ1) is 13.4. The molecular weight excluding hydrogens is 374 g/mol. The van der Waals surface area contributed by atoms with Gasteiger partial charge in [0.25, 0.3) is 11.1 Å². The quantitative estimate of drug-likeness (QED) is 0.695. The number of aryl methyl sites for hydroxylation is 2. The molecule has 1 aromatic carbocycles. The Kier molecular flexibility index (Phi) is 6.99. The van der Waals surface area contributed by atoms with E-state index in [4.69, 9.17) is 9.15 Å². The number of benzene rings is 1. The van der Waals surface area contributed by atoms with Crippen LogP contribution in [0.1, 0.15) is 50.1 Å². The van der Waals surface area contributed by atoms with Crippen LogP contribution in [0.2, 0.25) is 0 Å². The van der Waals surface area contributed by atoms with Crippen molar-refractivity contribution in [1.29, 1.82) is 0 Å². The van der Waals surface area contributed by atoms with Gasteiger partial charge in [0.2, 0.25) is 5.91 Å². The highest BCUT2D eigenvalue weighted by molar-refractivity contribution is 7.99. The zero-order valence-electron chi connectivity index (χ0n) is 17.0. The van der Waals surface area contributed by atoms with E-state index < -0.39 is 0 Å². The number of nitrogens with zero attached hydrogens (tertiary/aromatic N) is 2. The van der Waals surface area contributed by atoms with Gasteiger partial charge in [0, 0.05) is 6.04 Å². The molecule has 0 unspecified atom stereocenters. The van der Waals surface area contributed by atoms with E-state index in [0.29, 0.717) is 22.9 Å². The minimum atomic E-state index is 0.0161. The van der Waals surface area contributed by atoms with Crippen molar-refractivity contribution in [3.63, 3.8) is 0 Å². The third-order valence-corrected chi connectivity index (χ3v) is 6.34. The molecular formula is C21H29N3O3S. The average Bonchev–Trinajstić information content (AvgIpc) is 3.12. The highest BCUT2D eigenvalue weighted by Gasteiger charge is 2.28. The van der Waals surface area contributed by atoms with Crippen LogP contribution in [0.5, 0.6) is 5.75 Å². The third-order valence-electron chi connectivity index (χ3n) is 5.52. The maximum Gasteiger partial charge on any atom is 0.277 e. The average molecular weight is 404 g/mol. The zero-order chi connectivity index (χ0) is 20.1. The van der Waals surface area contributed by atoms with Crippen molar-refractivity contribution in [3.05, 3.63) is 35.2 Å². The van der Waals surface area contributed by atoms with E-state index in [1.165, 1.54) is 24.6 Å². The van der Waals surface area contributed by atoms with Gasteiger partial charge < -0.3 is 14.5 Å². The van der Waals surface area contributed by atoms with Gasteiger partial charge in [-0.1, -0.05) is 50.6 Å². The Balaban J connectivity index is 1.45. The Hall–Kier alpha value is -2.02. The number of thioether (sulfide) groups is 1. The predicted molar refractivity (Wildman–Crippen MR) is 109 cm³/mol. The molecule has 1 saturated carbocycles. The van der Waals surface area contributed by atoms with Gasteiger partial charge in [-0.05, 0) is 49.3 Å². The van der Waals surface area contributed by atoms with E-state index in [0.717, 1.165) is 23.3 Å². The second-order valence-electron chi connectivity index (χ2n) is 7.75. The van der Waals surface area contributed by atoms with Crippen LogP contribution in [0.3, 0.4) is 0 Å². The van der Waals surface area contributed by atoms with Gasteiger partial charge >= 0.3 is 0 Å². The van der Waals surface area contributed by atoms with Crippen LogP contribution < -0.4 is 10.1 Å². The van der Waals surface area contributed by atoms with Gasteiger partial charge in [0.1, 0.15) is 5.75 Å². The first-order valence-corrected chi connectivity index (χ1v) is 10.9. The van der Waals surface area contributed by atoms with Crippen molar-refractivity contribution in [2.45, 2.75) is 64.8 Å². The fourth-order valence-electron chi connectivity index (χ4n) is 3.52. The Labute approximate surface area is 170 Å². The molecule has 6 nitrogen and oxygen atoms in total. The van der Waals surface area contributed by atoms with Crippen LogP contribution in [0.15, 0.2) is 27.8 Å². The largest absolute Gasteiger partial charge is 0.484 e. The Morgan fingerprint density at radius 2 is 2.11 bits per heavy atom. The topological polar surface area (TPSA) is 77.2 Å². The van der Waals surface area contributed by atoms with Gasteiger partial charge in [-0.25, -0.2) is 0 Å². The van der Waals surface area contributed by atoms with Crippen molar-refractivity contribution < 1.29 is 13.9 Å². The van der Waals surface area contributed by atoms with Crippen LogP contribution in [-0.4, -0.2) is 27.9 Å². The number of aromatic nitrogens is 2. The molecule has 0 aliphatic heterocycles. The Morgan fingerprint density at radius 1 is 1.29 bits per heavy atom. The van der Waals surface area contributed by atoms with E-state index in [2.05, 4.69) is 29.4 Å². The summed E-state index contributed by atoms with van der Waals surface area (Å²) in [5.74, 6) is 2.67. The summed E-state index contributed by atoms with van der Waals surface area (Å²) in [7, 11) is 0. The van der Waals surface area contributed by atoms with Crippen LogP contribution in [-0.2, 0) is 11.4 Å². The molecule has 3 rings (SSSR count). The fraction of sp³-hybridized carbons (Fsp3) is 0.571. The zero-order valence-corrected chi connectivity index (χ0v) is 17.8. The first-order valence-electron chi connectivity index (χ1n) is 9.87. The highest BCUT2D eigenvalue weighted by atomic mass is 32.2. The molecule has 2 aromatic rings. The van der Waals surface area contributed by atoms with E-state index in [-0.39, 0.29) is 24.3 Å². The molecule has 0 bridgehead atoms. The second-order valence-corrected chi connectivity index (χ2v) is 8.68. The van der Waals surface area contributed by atoms with Gasteiger partial charge in [-0.3, -0.25) is 4.79 Å². The number of carbonyl (C=O) groups excluding carboxylic acids is 1. The molecule has 7 heteroatoms. The summed E-state index contributed by atoms with van der Waals surface area (Å²) in [5, 5.41) is 11.6. The summed E-state index contributed by atoms with van der Waals surface area (Å²) in [4.78, 5) is 12.3. The predicted octanol–water partition coefficient (Wildman–Crippen LogP) is 4.30. The molecule has 1 aliphatic carbocycles. The van der Waals surface area contributed by atoms with Crippen LogP contribution >= 0.6 is 11.8 Å². The molecule has 28 heavy (non-hydrogen) atoms. The Bertz CT molecular complexity index is 808. The fourth-order valence-corrected chi connectivity index (χ4v) is 4.11. The summed E-state index contributed by atoms with van der Waals surface area (Å²) >= 11 is 1.26. The first kappa shape index (κ1) is 20.7. The van der Waals surface area contributed by atoms with Crippen LogP contribution in [0.4, 0.5) is 0 Å². The van der Waals surface area contributed by atoms with Crippen molar-refractivity contribution in [1.82, 2.24) is 15.5 Å². The number of nitrogens with one attached hydrogen (secondary N) is 1. The molecule has 0 spiro atoms. The molecule has 1 aromatic heterocycles. The minimum absolute atomic E-state index is 0.0161. The summed E-state index contributed by atoms with van der Waals surface area (Å²) in [5.41, 5.74) is 2.19. The molecule has 152 valence electrons. The molecule has 3 atom stereocenters. The SMILES string of the molecule is Cc1ccc(C)c(OCc2nnc(SCC(=O)N[C@H]3CCC[C@H](C)[C@H]3C)o2)c1. The number of hydrogen-bond donors (Lipinski definition) is 1. The lowest BCUT2D eigenvalue weighted by molar-refractivity contribution is -0.120. The van der Waals surface area contributed by atoms with Gasteiger partial charge in [-0.2, -0.15) is 0 Å². The maximum absolute atomic E-state index is 12.3. The lowest BCUT2D eigenvalue weighted by atomic mass is 9.78. The molecule has 1 amide bonds. The molecule has 1 N–H and O–H groups in total. The summed E-state index contributed by atoms with van der Waals surface area (Å²) in [6.45, 7) is 8.71. The maximum atomic E-state index is 12.3. The smallest absolute Gasteiger partial charge is 0.277 e. The van der Waals surface area contributed by atoms with E-state index in [1.807, 2.05) is 32.0 Å². The number of hydrogen-bond acceptors (Lipinski definition) is 6. The molecule has 1 heterocycles. The highest BCUT2D eigenvalue weighted by Crippen LogP contribution is 2.29. The van der Waals surface area contributed by atoms with Crippen LogP contribution in [0.25, 0.3) is 0 Å². The standard InChI is InChI=1S/C21H29N3O3S/c1-13-8-9-15(3)18(10-13)26-11-20-23-24-21(27-20)28-12-19(25)22-17-7-5-6-14(2)16(17)4/h8-10,14,16-17H,5-7,11-12H2,1-4H3,(H,22,25)/t14-,16+,17-/m0/s1. The normalized spacial score (nSPS) is 22.1. The van der Waals surface area contributed by atoms with Gasteiger partial charge in [-0.15, -0.1) is 10.2 Å². The third kappa shape index (κ3) is 5.50. The van der Waals surface area contributed by atoms with E-state index in [9.17, 15) is 4.79 Å². The summed E-state index contributed by atoms with van der Waals surface area (Å²) in [6.07, 6.45) is 3.48. The van der Waals surface area contributed by atoms with Crippen LogP contribution in [0, 0.1) is 25.7 Å². The number of amides is 1. The van der Waals surface area contributed by atoms with Gasteiger partial charge in [0.05, 0.1) is 5.75 Å².